The molecule has 4 rings (SSSR count). The fourth-order valence-corrected chi connectivity index (χ4v) is 3.81. The highest BCUT2D eigenvalue weighted by Gasteiger charge is 2.19. The molecule has 1 fully saturated rings. The summed E-state index contributed by atoms with van der Waals surface area (Å²) >= 11 is 0. The average Bonchev–Trinajstić information content (AvgIpc) is 3.18. The molecule has 3 heterocycles. The topological polar surface area (TPSA) is 102 Å². The molecule has 34 heavy (non-hydrogen) atoms. The number of rotatable bonds is 6. The highest BCUT2D eigenvalue weighted by Crippen LogP contribution is 2.21. The number of esters is 1. The molecule has 0 amide bonds. The summed E-state index contributed by atoms with van der Waals surface area (Å²) in [4.78, 5) is 24.3. The van der Waals surface area contributed by atoms with Crippen molar-refractivity contribution in [3.8, 4) is 5.82 Å². The van der Waals surface area contributed by atoms with Gasteiger partial charge in [0, 0.05) is 56.2 Å². The van der Waals surface area contributed by atoms with Crippen LogP contribution in [0.4, 0.5) is 16.0 Å². The van der Waals surface area contributed by atoms with Gasteiger partial charge in [-0.3, -0.25) is 4.90 Å². The Morgan fingerprint density at radius 1 is 1.24 bits per heavy atom. The quantitative estimate of drug-likeness (QED) is 0.529. The van der Waals surface area contributed by atoms with Crippen LogP contribution in [0.1, 0.15) is 21.6 Å². The maximum Gasteiger partial charge on any atom is 0.338 e. The Bertz CT molecular complexity index is 1180. The summed E-state index contributed by atoms with van der Waals surface area (Å²) in [6.45, 7) is 5.90. The highest BCUT2D eigenvalue weighted by atomic mass is 35.5. The van der Waals surface area contributed by atoms with E-state index in [4.69, 9.17) is 10.5 Å². The molecule has 2 aromatic heterocycles. The van der Waals surface area contributed by atoms with Crippen LogP contribution in [-0.4, -0.2) is 70.5 Å². The lowest BCUT2D eigenvalue weighted by molar-refractivity contribution is 0.0600. The number of hydrogen-bond donors (Lipinski definition) is 1. The molecule has 1 aliphatic rings. The van der Waals surface area contributed by atoms with Gasteiger partial charge in [-0.2, -0.15) is 10.1 Å². The van der Waals surface area contributed by atoms with E-state index in [0.717, 1.165) is 44.0 Å². The second-order valence-electron chi connectivity index (χ2n) is 7.75. The lowest BCUT2D eigenvalue weighted by Crippen LogP contribution is -2.46. The minimum atomic E-state index is -0.540. The average molecular weight is 488 g/mol. The van der Waals surface area contributed by atoms with Crippen molar-refractivity contribution >= 4 is 36.1 Å². The molecule has 0 aliphatic carbocycles. The van der Waals surface area contributed by atoms with Gasteiger partial charge in [0.25, 0.3) is 0 Å². The zero-order valence-electron chi connectivity index (χ0n) is 19.0. The van der Waals surface area contributed by atoms with Crippen LogP contribution in [0.25, 0.3) is 11.9 Å². The van der Waals surface area contributed by atoms with E-state index in [9.17, 15) is 9.18 Å². The molecule has 0 bridgehead atoms. The van der Waals surface area contributed by atoms with E-state index >= 15 is 0 Å². The van der Waals surface area contributed by atoms with E-state index in [1.807, 2.05) is 13.0 Å². The number of nitrogens with zero attached hydrogens (tertiary/aromatic N) is 6. The molecule has 9 nitrogen and oxygen atoms in total. The molecule has 0 saturated carbocycles. The summed E-state index contributed by atoms with van der Waals surface area (Å²) in [6, 6.07) is 6.08. The number of carbonyl (C=O) groups is 1. The van der Waals surface area contributed by atoms with Crippen LogP contribution < -0.4 is 10.6 Å². The Morgan fingerprint density at radius 2 is 2.00 bits per heavy atom. The third kappa shape index (κ3) is 5.70. The number of halogens is 2. The van der Waals surface area contributed by atoms with Gasteiger partial charge in [0.05, 0.1) is 24.6 Å². The fraction of sp³-hybridized carbons (Fsp3) is 0.304. The van der Waals surface area contributed by atoms with Crippen LogP contribution in [0.15, 0.2) is 42.7 Å². The molecule has 0 unspecified atom stereocenters. The van der Waals surface area contributed by atoms with Crippen LogP contribution in [0, 0.1) is 12.7 Å². The van der Waals surface area contributed by atoms with E-state index < -0.39 is 11.8 Å². The summed E-state index contributed by atoms with van der Waals surface area (Å²) in [5.74, 6) is -0.151. The first kappa shape index (κ1) is 25.1. The summed E-state index contributed by atoms with van der Waals surface area (Å²) in [7, 11) is 1.29. The minimum Gasteiger partial charge on any atom is -0.465 e. The van der Waals surface area contributed by atoms with Crippen molar-refractivity contribution in [2.24, 2.45) is 0 Å². The van der Waals surface area contributed by atoms with Crippen molar-refractivity contribution in [2.45, 2.75) is 6.92 Å². The number of carbonyl (C=O) groups excluding carboxylic acids is 1. The third-order valence-electron chi connectivity index (χ3n) is 5.63. The van der Waals surface area contributed by atoms with Gasteiger partial charge < -0.3 is 15.4 Å². The van der Waals surface area contributed by atoms with Crippen molar-refractivity contribution in [3.63, 3.8) is 0 Å². The van der Waals surface area contributed by atoms with Gasteiger partial charge in [-0.05, 0) is 25.1 Å². The molecular formula is C23H27ClFN7O2. The number of nitrogen functional groups attached to an aromatic ring is 1. The van der Waals surface area contributed by atoms with Crippen LogP contribution in [0.5, 0.6) is 0 Å². The number of benzene rings is 1. The van der Waals surface area contributed by atoms with Crippen molar-refractivity contribution < 1.29 is 13.9 Å². The van der Waals surface area contributed by atoms with Crippen LogP contribution in [0.2, 0.25) is 0 Å². The van der Waals surface area contributed by atoms with Crippen molar-refractivity contribution in [1.29, 1.82) is 0 Å². The Kier molecular flexibility index (Phi) is 8.19. The number of ether oxygens (including phenoxy) is 1. The first-order valence-electron chi connectivity index (χ1n) is 10.6. The number of piperazine rings is 1. The van der Waals surface area contributed by atoms with Gasteiger partial charge in [-0.25, -0.2) is 18.9 Å². The zero-order chi connectivity index (χ0) is 23.4. The molecule has 0 atom stereocenters. The highest BCUT2D eigenvalue weighted by molar-refractivity contribution is 5.90. The monoisotopic (exact) mass is 487 g/mol. The maximum atomic E-state index is 14.0. The zero-order valence-corrected chi connectivity index (χ0v) is 19.8. The molecule has 1 aromatic carbocycles. The first-order chi connectivity index (χ1) is 15.9. The normalized spacial score (nSPS) is 14.3. The Hall–Kier alpha value is -3.50. The number of nitrogens with two attached hydrogens (primary N) is 1. The third-order valence-corrected chi connectivity index (χ3v) is 5.63. The van der Waals surface area contributed by atoms with Gasteiger partial charge in [0.2, 0.25) is 5.95 Å². The SMILES string of the molecule is COC(=O)c1cc(F)cc(N2CCN(C/C=C/c3cnn(-c4ccnc(N)n4)c3C)CC2)c1.Cl. The number of hydrogen-bond acceptors (Lipinski definition) is 8. The molecule has 180 valence electrons. The first-order valence-corrected chi connectivity index (χ1v) is 10.6. The molecule has 11 heteroatoms. The van der Waals surface area contributed by atoms with Crippen molar-refractivity contribution in [1.82, 2.24) is 24.6 Å². The lowest BCUT2D eigenvalue weighted by atomic mass is 10.1. The standard InChI is InChI=1S/C23H26FN7O2.ClH/c1-16-17(15-27-31(16)21-5-6-26-23(25)28-21)4-3-7-29-8-10-30(11-9-29)20-13-18(22(32)33-2)12-19(24)14-20;/h3-6,12-15H,7-11H2,1-2H3,(H2,25,26,28);1H/b4-3+;. The number of anilines is 2. The summed E-state index contributed by atoms with van der Waals surface area (Å²) in [5.41, 5.74) is 8.55. The summed E-state index contributed by atoms with van der Waals surface area (Å²) in [5, 5.41) is 4.40. The van der Waals surface area contributed by atoms with Crippen molar-refractivity contribution in [2.75, 3.05) is 50.5 Å². The minimum absolute atomic E-state index is 0. The lowest BCUT2D eigenvalue weighted by Gasteiger charge is -2.35. The molecule has 2 N–H and O–H groups in total. The van der Waals surface area contributed by atoms with Gasteiger partial charge >= 0.3 is 5.97 Å². The number of methoxy groups -OCH3 is 1. The van der Waals surface area contributed by atoms with Gasteiger partial charge in [0.1, 0.15) is 5.82 Å². The van der Waals surface area contributed by atoms with E-state index in [1.165, 1.54) is 19.2 Å². The Labute approximate surface area is 203 Å². The van der Waals surface area contributed by atoms with Crippen LogP contribution in [-0.2, 0) is 4.74 Å². The largest absolute Gasteiger partial charge is 0.465 e. The van der Waals surface area contributed by atoms with Crippen molar-refractivity contribution in [3.05, 3.63) is 65.4 Å². The molecular weight excluding hydrogens is 461 g/mol. The van der Waals surface area contributed by atoms with E-state index in [2.05, 4.69) is 30.9 Å². The summed E-state index contributed by atoms with van der Waals surface area (Å²) < 4.78 is 20.4. The second kappa shape index (κ2) is 11.1. The van der Waals surface area contributed by atoms with Crippen LogP contribution >= 0.6 is 12.4 Å². The predicted molar refractivity (Wildman–Crippen MR) is 131 cm³/mol. The molecule has 3 aromatic rings. The predicted octanol–water partition coefficient (Wildman–Crippen LogP) is 2.74. The number of aromatic nitrogens is 4. The Morgan fingerprint density at radius 3 is 2.71 bits per heavy atom. The maximum absolute atomic E-state index is 14.0. The van der Waals surface area contributed by atoms with E-state index in [-0.39, 0.29) is 23.9 Å². The smallest absolute Gasteiger partial charge is 0.338 e. The molecule has 0 radical (unpaired) electrons. The fourth-order valence-electron chi connectivity index (χ4n) is 3.81. The van der Waals surface area contributed by atoms with E-state index in [0.29, 0.717) is 11.5 Å². The van der Waals surface area contributed by atoms with Gasteiger partial charge in [-0.1, -0.05) is 12.2 Å². The van der Waals surface area contributed by atoms with Gasteiger partial charge in [0.15, 0.2) is 5.82 Å². The van der Waals surface area contributed by atoms with Crippen LogP contribution in [0.3, 0.4) is 0 Å². The van der Waals surface area contributed by atoms with E-state index in [1.54, 1.807) is 29.2 Å². The molecule has 1 saturated heterocycles. The molecule has 0 spiro atoms. The Balaban J connectivity index is 0.00000324. The summed E-state index contributed by atoms with van der Waals surface area (Å²) in [6.07, 6.45) is 7.56. The molecule has 1 aliphatic heterocycles. The second-order valence-corrected chi connectivity index (χ2v) is 7.75. The van der Waals surface area contributed by atoms with Gasteiger partial charge in [-0.15, -0.1) is 12.4 Å².